The smallest absolute Gasteiger partial charge is 0.269 e. The van der Waals surface area contributed by atoms with E-state index in [-0.39, 0.29) is 23.2 Å². The monoisotopic (exact) mass is 273 g/mol. The van der Waals surface area contributed by atoms with E-state index in [0.29, 0.717) is 12.0 Å². The second-order valence-electron chi connectivity index (χ2n) is 4.31. The molecule has 1 aromatic rings. The predicted molar refractivity (Wildman–Crippen MR) is 68.4 cm³/mol. The Morgan fingerprint density at radius 3 is 2.70 bits per heavy atom. The maximum atomic E-state index is 11.9. The van der Waals surface area contributed by atoms with Gasteiger partial charge in [-0.2, -0.15) is 5.26 Å². The van der Waals surface area contributed by atoms with Crippen molar-refractivity contribution < 1.29 is 14.5 Å². The summed E-state index contributed by atoms with van der Waals surface area (Å²) in [7, 11) is 0. The zero-order chi connectivity index (χ0) is 14.7. The maximum absolute atomic E-state index is 11.9. The van der Waals surface area contributed by atoms with Crippen molar-refractivity contribution in [1.82, 2.24) is 5.32 Å². The van der Waals surface area contributed by atoms with Crippen molar-refractivity contribution in [1.29, 1.82) is 5.26 Å². The summed E-state index contributed by atoms with van der Waals surface area (Å²) in [5.74, 6) is -0.319. The van der Waals surface area contributed by atoms with Gasteiger partial charge in [-0.05, 0) is 19.1 Å². The standard InChI is InChI=1S/C13H11N3O4/c1-8-6-10(7-14)13(20-8)15-12(17)9-2-4-11(5-3-9)16(18)19/h2-5,8H,6H2,1H3,(H,15,17). The van der Waals surface area contributed by atoms with Crippen molar-refractivity contribution in [3.8, 4) is 6.07 Å². The quantitative estimate of drug-likeness (QED) is 0.668. The molecule has 7 nitrogen and oxygen atoms in total. The number of nitro benzene ring substituents is 1. The number of carbonyl (C=O) groups excluding carboxylic acids is 1. The molecule has 0 radical (unpaired) electrons. The summed E-state index contributed by atoms with van der Waals surface area (Å²) in [6.45, 7) is 1.79. The van der Waals surface area contributed by atoms with Crippen LogP contribution in [0.5, 0.6) is 0 Å². The van der Waals surface area contributed by atoms with E-state index in [1.165, 1.54) is 24.3 Å². The Labute approximate surface area is 114 Å². The number of hydrogen-bond donors (Lipinski definition) is 1. The molecule has 0 fully saturated rings. The minimum absolute atomic E-state index is 0.0933. The van der Waals surface area contributed by atoms with Crippen LogP contribution in [0.1, 0.15) is 23.7 Å². The Morgan fingerprint density at radius 2 is 2.15 bits per heavy atom. The highest BCUT2D eigenvalue weighted by molar-refractivity contribution is 5.95. The molecule has 1 amide bonds. The molecule has 0 spiro atoms. The van der Waals surface area contributed by atoms with Crippen molar-refractivity contribution in [3.63, 3.8) is 0 Å². The average Bonchev–Trinajstić information content (AvgIpc) is 2.78. The Hall–Kier alpha value is -2.88. The van der Waals surface area contributed by atoms with Gasteiger partial charge in [0.2, 0.25) is 5.88 Å². The molecule has 0 bridgehead atoms. The van der Waals surface area contributed by atoms with Gasteiger partial charge in [-0.15, -0.1) is 0 Å². The normalized spacial score (nSPS) is 17.3. The van der Waals surface area contributed by atoms with Gasteiger partial charge < -0.3 is 4.74 Å². The molecule has 102 valence electrons. The fourth-order valence-corrected chi connectivity index (χ4v) is 1.81. The SMILES string of the molecule is CC1CC(C#N)=C(NC(=O)c2ccc([N+](=O)[O-])cc2)O1. The van der Waals surface area contributed by atoms with Gasteiger partial charge in [0.1, 0.15) is 12.2 Å². The van der Waals surface area contributed by atoms with Gasteiger partial charge in [0.15, 0.2) is 0 Å². The molecule has 0 aromatic heterocycles. The van der Waals surface area contributed by atoms with E-state index in [1.54, 1.807) is 6.92 Å². The molecule has 0 saturated carbocycles. The van der Waals surface area contributed by atoms with Gasteiger partial charge in [0, 0.05) is 24.1 Å². The zero-order valence-electron chi connectivity index (χ0n) is 10.6. The topological polar surface area (TPSA) is 105 Å². The average molecular weight is 273 g/mol. The van der Waals surface area contributed by atoms with E-state index in [4.69, 9.17) is 10.00 Å². The van der Waals surface area contributed by atoms with Gasteiger partial charge in [-0.25, -0.2) is 0 Å². The lowest BCUT2D eigenvalue weighted by atomic mass is 10.1. The van der Waals surface area contributed by atoms with Crippen LogP contribution in [0.2, 0.25) is 0 Å². The number of benzene rings is 1. The lowest BCUT2D eigenvalue weighted by Gasteiger charge is -2.09. The second-order valence-corrected chi connectivity index (χ2v) is 4.31. The molecule has 20 heavy (non-hydrogen) atoms. The lowest BCUT2D eigenvalue weighted by Crippen LogP contribution is -2.24. The number of ether oxygens (including phenoxy) is 1. The van der Waals surface area contributed by atoms with Crippen molar-refractivity contribution in [3.05, 3.63) is 51.4 Å². The highest BCUT2D eigenvalue weighted by Crippen LogP contribution is 2.22. The van der Waals surface area contributed by atoms with Crippen LogP contribution < -0.4 is 5.32 Å². The van der Waals surface area contributed by atoms with Crippen LogP contribution in [0.4, 0.5) is 5.69 Å². The van der Waals surface area contributed by atoms with Crippen molar-refractivity contribution in [2.24, 2.45) is 0 Å². The van der Waals surface area contributed by atoms with Gasteiger partial charge >= 0.3 is 0 Å². The van der Waals surface area contributed by atoms with E-state index in [2.05, 4.69) is 5.32 Å². The summed E-state index contributed by atoms with van der Waals surface area (Å²) in [4.78, 5) is 21.9. The Bertz CT molecular complexity index is 628. The number of nitriles is 1. The molecule has 1 heterocycles. The van der Waals surface area contributed by atoms with E-state index in [9.17, 15) is 14.9 Å². The Morgan fingerprint density at radius 1 is 1.50 bits per heavy atom. The van der Waals surface area contributed by atoms with Crippen LogP contribution in [0.15, 0.2) is 35.7 Å². The summed E-state index contributed by atoms with van der Waals surface area (Å²) < 4.78 is 5.34. The zero-order valence-corrected chi connectivity index (χ0v) is 10.6. The molecule has 1 unspecified atom stereocenters. The summed E-state index contributed by atoms with van der Waals surface area (Å²) in [6.07, 6.45) is 0.295. The largest absolute Gasteiger partial charge is 0.475 e. The first-order valence-electron chi connectivity index (χ1n) is 5.87. The molecular weight excluding hydrogens is 262 g/mol. The summed E-state index contributed by atoms with van der Waals surface area (Å²) >= 11 is 0. The number of hydrogen-bond acceptors (Lipinski definition) is 5. The minimum atomic E-state index is -0.542. The van der Waals surface area contributed by atoms with Crippen LogP contribution in [0, 0.1) is 21.4 Å². The fourth-order valence-electron chi connectivity index (χ4n) is 1.81. The molecule has 1 aliphatic heterocycles. The third-order valence-corrected chi connectivity index (χ3v) is 2.79. The number of amides is 1. The Kier molecular flexibility index (Phi) is 3.66. The van der Waals surface area contributed by atoms with Crippen LogP contribution >= 0.6 is 0 Å². The molecule has 1 aliphatic rings. The van der Waals surface area contributed by atoms with Gasteiger partial charge in [0.05, 0.1) is 10.5 Å². The number of carbonyl (C=O) groups is 1. The number of non-ortho nitro benzene ring substituents is 1. The van der Waals surface area contributed by atoms with Crippen molar-refractivity contribution >= 4 is 11.6 Å². The van der Waals surface area contributed by atoms with E-state index >= 15 is 0 Å². The predicted octanol–water partition coefficient (Wildman–Crippen LogP) is 1.87. The number of nitrogens with zero attached hydrogens (tertiary/aromatic N) is 2. The molecule has 1 aromatic carbocycles. The molecule has 1 atom stereocenters. The summed E-state index contributed by atoms with van der Waals surface area (Å²) in [5, 5.41) is 21.9. The molecule has 1 N–H and O–H groups in total. The van der Waals surface area contributed by atoms with Crippen molar-refractivity contribution in [2.75, 3.05) is 0 Å². The first-order valence-corrected chi connectivity index (χ1v) is 5.87. The van der Waals surface area contributed by atoms with Crippen LogP contribution in [0.25, 0.3) is 0 Å². The molecule has 0 aliphatic carbocycles. The first kappa shape index (κ1) is 13.5. The van der Waals surface area contributed by atoms with Gasteiger partial charge in [-0.3, -0.25) is 20.2 Å². The van der Waals surface area contributed by atoms with E-state index in [0.717, 1.165) is 0 Å². The summed E-state index contributed by atoms with van der Waals surface area (Å²) in [5.41, 5.74) is 0.542. The van der Waals surface area contributed by atoms with E-state index in [1.807, 2.05) is 6.07 Å². The summed E-state index contributed by atoms with van der Waals surface area (Å²) in [6, 6.07) is 7.15. The fraction of sp³-hybridized carbons (Fsp3) is 0.231. The molecular formula is C13H11N3O4. The van der Waals surface area contributed by atoms with E-state index < -0.39 is 10.8 Å². The number of rotatable bonds is 3. The van der Waals surface area contributed by atoms with Gasteiger partial charge in [-0.1, -0.05) is 0 Å². The molecule has 2 rings (SSSR count). The first-order chi connectivity index (χ1) is 9.51. The number of nitro groups is 1. The van der Waals surface area contributed by atoms with Crippen LogP contribution in [-0.4, -0.2) is 16.9 Å². The van der Waals surface area contributed by atoms with Gasteiger partial charge in [0.25, 0.3) is 11.6 Å². The lowest BCUT2D eigenvalue weighted by molar-refractivity contribution is -0.384. The maximum Gasteiger partial charge on any atom is 0.269 e. The van der Waals surface area contributed by atoms with Crippen molar-refractivity contribution in [2.45, 2.75) is 19.4 Å². The molecule has 0 saturated heterocycles. The van der Waals surface area contributed by atoms with Crippen LogP contribution in [-0.2, 0) is 4.74 Å². The molecule has 7 heteroatoms. The second kappa shape index (κ2) is 5.40. The van der Waals surface area contributed by atoms with Crippen LogP contribution in [0.3, 0.4) is 0 Å². The minimum Gasteiger partial charge on any atom is -0.475 e. The third kappa shape index (κ3) is 2.75. The Balaban J connectivity index is 2.13. The number of nitrogens with one attached hydrogen (secondary N) is 1. The highest BCUT2D eigenvalue weighted by Gasteiger charge is 2.24. The highest BCUT2D eigenvalue weighted by atomic mass is 16.6. The third-order valence-electron chi connectivity index (χ3n) is 2.79.